The van der Waals surface area contributed by atoms with Gasteiger partial charge in [0, 0.05) is 19.0 Å². The fraction of sp³-hybridized carbons (Fsp3) is 0.750. The maximum atomic E-state index is 11.1. The van der Waals surface area contributed by atoms with Crippen molar-refractivity contribution in [1.29, 1.82) is 0 Å². The summed E-state index contributed by atoms with van der Waals surface area (Å²) in [5, 5.41) is 10.1. The zero-order chi connectivity index (χ0) is 25.3. The van der Waals surface area contributed by atoms with Crippen molar-refractivity contribution in [3.63, 3.8) is 0 Å². The Morgan fingerprint density at radius 2 is 1.31 bits per heavy atom. The molecule has 0 unspecified atom stereocenters. The van der Waals surface area contributed by atoms with E-state index >= 15 is 0 Å². The number of hydrogen-bond donors (Lipinski definition) is 0. The molecule has 1 aliphatic rings. The monoisotopic (exact) mass is 501 g/mol. The molecule has 1 aliphatic heterocycles. The van der Waals surface area contributed by atoms with Gasteiger partial charge in [-0.1, -0.05) is 110 Å². The third-order valence-corrected chi connectivity index (χ3v) is 5.93. The second-order valence-electron chi connectivity index (χ2n) is 9.00. The molecule has 1 heterocycles. The summed E-state index contributed by atoms with van der Waals surface area (Å²) in [6.45, 7) is 6.98. The number of carboxylic acids is 1. The van der Waals surface area contributed by atoms with Gasteiger partial charge in [0.2, 0.25) is 5.91 Å². The van der Waals surface area contributed by atoms with E-state index in [1.54, 1.807) is 11.1 Å². The first-order valence-corrected chi connectivity index (χ1v) is 13.5. The molecule has 0 aromatic heterocycles. The topological polar surface area (TPSA) is 86.7 Å². The van der Waals surface area contributed by atoms with Crippen LogP contribution in [0.15, 0.2) is 24.9 Å². The van der Waals surface area contributed by atoms with Gasteiger partial charge in [-0.25, -0.2) is 4.79 Å². The van der Waals surface area contributed by atoms with Crippen molar-refractivity contribution in [3.05, 3.63) is 24.9 Å². The summed E-state index contributed by atoms with van der Waals surface area (Å²) >= 11 is 0. The molecule has 6 nitrogen and oxygen atoms in total. The van der Waals surface area contributed by atoms with E-state index in [4.69, 9.17) is 4.74 Å². The Balaban J connectivity index is 0. The molecule has 0 atom stereocenters. The van der Waals surface area contributed by atoms with Gasteiger partial charge in [0.1, 0.15) is 0 Å². The minimum absolute atomic E-state index is 0. The van der Waals surface area contributed by atoms with Gasteiger partial charge < -0.3 is 19.5 Å². The predicted molar refractivity (Wildman–Crippen MR) is 136 cm³/mol. The normalized spacial score (nSPS) is 12.7. The third-order valence-electron chi connectivity index (χ3n) is 5.93. The number of carbonyl (C=O) groups excluding carboxylic acids is 3. The molecule has 0 bridgehead atoms. The van der Waals surface area contributed by atoms with Crippen LogP contribution in [0.1, 0.15) is 122 Å². The molecular formula is C28H48NNaO5. The molecular weight excluding hydrogens is 453 g/mol. The fourth-order valence-corrected chi connectivity index (χ4v) is 3.87. The van der Waals surface area contributed by atoms with E-state index in [-0.39, 0.29) is 35.5 Å². The summed E-state index contributed by atoms with van der Waals surface area (Å²) in [5.41, 5.74) is 0. The van der Waals surface area contributed by atoms with E-state index in [2.05, 4.69) is 13.5 Å². The van der Waals surface area contributed by atoms with E-state index in [0.717, 1.165) is 31.9 Å². The minimum Gasteiger partial charge on any atom is -0.545 e. The molecule has 1 amide bonds. The quantitative estimate of drug-likeness (QED) is 0.111. The Bertz CT molecular complexity index is 580. The van der Waals surface area contributed by atoms with E-state index in [0.29, 0.717) is 19.1 Å². The molecule has 0 aromatic rings. The van der Waals surface area contributed by atoms with Crippen LogP contribution >= 0.6 is 0 Å². The number of ether oxygens (including phenoxy) is 1. The van der Waals surface area contributed by atoms with Crippen LogP contribution in [0.5, 0.6) is 0 Å². The number of carboxylic acid groups (broad SMARTS) is 1. The van der Waals surface area contributed by atoms with Crippen molar-refractivity contribution in [3.8, 4) is 0 Å². The number of nitrogens with zero attached hydrogens (tertiary/aromatic N) is 1. The van der Waals surface area contributed by atoms with Crippen LogP contribution in [-0.2, 0) is 19.1 Å². The van der Waals surface area contributed by atoms with Gasteiger partial charge in [0.25, 0.3) is 0 Å². The van der Waals surface area contributed by atoms with Crippen molar-refractivity contribution in [1.82, 2.24) is 4.90 Å². The summed E-state index contributed by atoms with van der Waals surface area (Å²) < 4.78 is 4.89. The van der Waals surface area contributed by atoms with Gasteiger partial charge >= 0.3 is 35.5 Å². The molecule has 0 N–H and O–H groups in total. The number of amides is 1. The summed E-state index contributed by atoms with van der Waals surface area (Å²) in [5.74, 6) is -1.79. The Hall–Kier alpha value is -1.11. The van der Waals surface area contributed by atoms with Crippen LogP contribution in [0.25, 0.3) is 0 Å². The Labute approximate surface area is 236 Å². The molecule has 0 saturated carbocycles. The number of likely N-dealkylation sites (tertiary alicyclic amines) is 1. The van der Waals surface area contributed by atoms with Gasteiger partial charge in [-0.2, -0.15) is 0 Å². The first-order chi connectivity index (χ1) is 16.5. The molecule has 1 saturated heterocycles. The molecule has 0 radical (unpaired) electrons. The molecule has 1 fully saturated rings. The standard InChI is InChI=1S/C22H40O4.C6H9NO.Na/c1-2-3-4-5-6-7-8-9-10-11-12-13-14-15-16-17-20-26-22(25)19-18-21(23)24;1-2-7-5-3-4-6(7)8;/h18-19H,2-17,20H2,1H3,(H,23,24);2H,1,3-5H2;/q;;+1/p-1/b19-18+;;. The average molecular weight is 502 g/mol. The molecule has 0 spiro atoms. The second-order valence-corrected chi connectivity index (χ2v) is 9.00. The Morgan fingerprint density at radius 1 is 0.857 bits per heavy atom. The zero-order valence-electron chi connectivity index (χ0n) is 22.6. The van der Waals surface area contributed by atoms with E-state index in [1.165, 1.54) is 89.9 Å². The second kappa shape index (κ2) is 27.5. The third kappa shape index (κ3) is 25.8. The van der Waals surface area contributed by atoms with Crippen LogP contribution in [0, 0.1) is 0 Å². The van der Waals surface area contributed by atoms with Crippen LogP contribution in [0.4, 0.5) is 0 Å². The Morgan fingerprint density at radius 3 is 1.66 bits per heavy atom. The summed E-state index contributed by atoms with van der Waals surface area (Å²) in [7, 11) is 0. The largest absolute Gasteiger partial charge is 1.00 e. The van der Waals surface area contributed by atoms with Gasteiger partial charge in [-0.3, -0.25) is 4.79 Å². The van der Waals surface area contributed by atoms with Crippen molar-refractivity contribution in [2.45, 2.75) is 122 Å². The molecule has 7 heteroatoms. The number of carbonyl (C=O) groups is 3. The Kier molecular flexibility index (Phi) is 28.3. The van der Waals surface area contributed by atoms with Gasteiger partial charge in [0.05, 0.1) is 12.6 Å². The first kappa shape index (κ1) is 36.0. The predicted octanol–water partition coefficient (Wildman–Crippen LogP) is 2.85. The number of esters is 1. The summed E-state index contributed by atoms with van der Waals surface area (Å²) in [6.07, 6.45) is 25.7. The van der Waals surface area contributed by atoms with Crippen LogP contribution in [0.3, 0.4) is 0 Å². The average Bonchev–Trinajstić information content (AvgIpc) is 3.25. The maximum Gasteiger partial charge on any atom is 1.00 e. The van der Waals surface area contributed by atoms with E-state index in [1.807, 2.05) is 0 Å². The van der Waals surface area contributed by atoms with Gasteiger partial charge in [0.15, 0.2) is 0 Å². The number of aliphatic carboxylic acids is 1. The molecule has 0 aliphatic carbocycles. The first-order valence-electron chi connectivity index (χ1n) is 13.5. The fourth-order valence-electron chi connectivity index (χ4n) is 3.87. The SMILES string of the molecule is C=CN1CCCC1=O.CCCCCCCCCCCCCCCCCCOC(=O)/C=C/C(=O)[O-].[Na+]. The van der Waals surface area contributed by atoms with Crippen molar-refractivity contribution < 1.29 is 53.8 Å². The molecule has 196 valence electrons. The molecule has 35 heavy (non-hydrogen) atoms. The van der Waals surface area contributed by atoms with Gasteiger partial charge in [-0.15, -0.1) is 0 Å². The van der Waals surface area contributed by atoms with Crippen LogP contribution in [0.2, 0.25) is 0 Å². The zero-order valence-corrected chi connectivity index (χ0v) is 24.6. The number of unbranched alkanes of at least 4 members (excludes halogenated alkanes) is 15. The summed E-state index contributed by atoms with van der Waals surface area (Å²) in [6, 6.07) is 0. The molecule has 0 aromatic carbocycles. The van der Waals surface area contributed by atoms with Crippen molar-refractivity contribution >= 4 is 17.8 Å². The maximum absolute atomic E-state index is 11.1. The van der Waals surface area contributed by atoms with Crippen molar-refractivity contribution in [2.24, 2.45) is 0 Å². The van der Waals surface area contributed by atoms with Crippen LogP contribution < -0.4 is 34.7 Å². The van der Waals surface area contributed by atoms with E-state index in [9.17, 15) is 19.5 Å². The number of hydrogen-bond acceptors (Lipinski definition) is 5. The molecule has 1 rings (SSSR count). The van der Waals surface area contributed by atoms with Crippen molar-refractivity contribution in [2.75, 3.05) is 13.2 Å². The minimum atomic E-state index is -1.38. The number of rotatable bonds is 20. The van der Waals surface area contributed by atoms with Gasteiger partial charge in [-0.05, 0) is 25.1 Å². The van der Waals surface area contributed by atoms with E-state index < -0.39 is 11.9 Å². The van der Waals surface area contributed by atoms with Crippen LogP contribution in [-0.4, -0.2) is 35.9 Å². The summed E-state index contributed by atoms with van der Waals surface area (Å²) in [4.78, 5) is 33.6. The smallest absolute Gasteiger partial charge is 0.545 e.